The third-order valence-electron chi connectivity index (χ3n) is 6.26. The average Bonchev–Trinajstić information content (AvgIpc) is 3.62. The number of piperidine rings is 1. The SMILES string of the molecule is N#Cc1cc(C2CC2)c(-c2ccc3c(c2)CN(C2CCC(=O)NC2=O)C3=O)nc1N.O=C(O)C(F)(F)F. The molecular formula is C24H20F3N5O5. The van der Waals surface area contributed by atoms with Crippen molar-refractivity contribution in [1.29, 1.82) is 5.26 Å². The van der Waals surface area contributed by atoms with Crippen LogP contribution in [0.15, 0.2) is 24.3 Å². The van der Waals surface area contributed by atoms with Gasteiger partial charge in [-0.05, 0) is 54.5 Å². The van der Waals surface area contributed by atoms with Crippen LogP contribution in [-0.2, 0) is 20.9 Å². The molecule has 1 aromatic heterocycles. The smallest absolute Gasteiger partial charge is 0.475 e. The summed E-state index contributed by atoms with van der Waals surface area (Å²) in [5, 5.41) is 18.7. The molecule has 13 heteroatoms. The van der Waals surface area contributed by atoms with Gasteiger partial charge in [-0.25, -0.2) is 9.78 Å². The Bertz CT molecular complexity index is 1360. The van der Waals surface area contributed by atoms with Crippen LogP contribution in [0, 0.1) is 11.3 Å². The first-order valence-electron chi connectivity index (χ1n) is 11.2. The van der Waals surface area contributed by atoms with E-state index >= 15 is 0 Å². The van der Waals surface area contributed by atoms with Crippen molar-refractivity contribution in [2.45, 2.75) is 50.4 Å². The van der Waals surface area contributed by atoms with E-state index in [2.05, 4.69) is 16.4 Å². The molecule has 37 heavy (non-hydrogen) atoms. The first-order valence-corrected chi connectivity index (χ1v) is 11.2. The van der Waals surface area contributed by atoms with E-state index in [-0.39, 0.29) is 24.1 Å². The maximum Gasteiger partial charge on any atom is 0.490 e. The maximum atomic E-state index is 12.9. The number of carbonyl (C=O) groups is 4. The van der Waals surface area contributed by atoms with Gasteiger partial charge in [0.15, 0.2) is 0 Å². The van der Waals surface area contributed by atoms with Gasteiger partial charge in [-0.1, -0.05) is 6.07 Å². The number of carboxylic acids is 1. The summed E-state index contributed by atoms with van der Waals surface area (Å²) in [5.74, 6) is -3.13. The predicted octanol–water partition coefficient (Wildman–Crippen LogP) is 2.47. The number of hydrogen-bond donors (Lipinski definition) is 3. The molecule has 5 rings (SSSR count). The Morgan fingerprint density at radius 3 is 2.43 bits per heavy atom. The number of pyridine rings is 1. The molecule has 2 aliphatic heterocycles. The second kappa shape index (κ2) is 9.53. The van der Waals surface area contributed by atoms with Crippen molar-refractivity contribution in [3.63, 3.8) is 0 Å². The van der Waals surface area contributed by atoms with Crippen molar-refractivity contribution in [3.8, 4) is 17.3 Å². The molecule has 3 heterocycles. The predicted molar refractivity (Wildman–Crippen MR) is 121 cm³/mol. The lowest BCUT2D eigenvalue weighted by molar-refractivity contribution is -0.192. The van der Waals surface area contributed by atoms with E-state index in [0.29, 0.717) is 30.0 Å². The number of fused-ring (bicyclic) bond motifs is 1. The highest BCUT2D eigenvalue weighted by molar-refractivity contribution is 6.05. The molecule has 1 aromatic carbocycles. The molecule has 10 nitrogen and oxygen atoms in total. The van der Waals surface area contributed by atoms with Crippen LogP contribution < -0.4 is 11.1 Å². The van der Waals surface area contributed by atoms with E-state index in [1.807, 2.05) is 18.2 Å². The number of hydrogen-bond acceptors (Lipinski definition) is 7. The Labute approximate surface area is 207 Å². The number of rotatable bonds is 3. The Kier molecular flexibility index (Phi) is 6.60. The summed E-state index contributed by atoms with van der Waals surface area (Å²) < 4.78 is 31.7. The molecule has 2 aromatic rings. The molecule has 1 unspecified atom stereocenters. The number of anilines is 1. The van der Waals surface area contributed by atoms with Gasteiger partial charge in [-0.15, -0.1) is 0 Å². The minimum atomic E-state index is -5.08. The average molecular weight is 515 g/mol. The van der Waals surface area contributed by atoms with Crippen LogP contribution in [0.3, 0.4) is 0 Å². The number of carbonyl (C=O) groups excluding carboxylic acids is 3. The van der Waals surface area contributed by atoms with Crippen LogP contribution in [0.1, 0.15) is 58.6 Å². The van der Waals surface area contributed by atoms with Gasteiger partial charge in [0, 0.05) is 24.1 Å². The van der Waals surface area contributed by atoms with Gasteiger partial charge in [0.25, 0.3) is 5.91 Å². The van der Waals surface area contributed by atoms with Gasteiger partial charge in [0.2, 0.25) is 11.8 Å². The molecule has 1 aliphatic carbocycles. The van der Waals surface area contributed by atoms with E-state index in [4.69, 9.17) is 15.6 Å². The molecule has 0 radical (unpaired) electrons. The molecule has 3 aliphatic rings. The number of nitrogens with two attached hydrogens (primary N) is 1. The number of benzene rings is 1. The van der Waals surface area contributed by atoms with Crippen molar-refractivity contribution in [2.24, 2.45) is 0 Å². The lowest BCUT2D eigenvalue weighted by atomic mass is 9.97. The summed E-state index contributed by atoms with van der Waals surface area (Å²) in [6, 6.07) is 8.78. The minimum absolute atomic E-state index is 0.193. The largest absolute Gasteiger partial charge is 0.490 e. The first-order chi connectivity index (χ1) is 17.4. The number of imide groups is 1. The molecule has 1 saturated heterocycles. The van der Waals surface area contributed by atoms with Crippen LogP contribution in [0.25, 0.3) is 11.3 Å². The number of nitrogens with one attached hydrogen (secondary N) is 1. The van der Waals surface area contributed by atoms with Crippen LogP contribution in [0.5, 0.6) is 0 Å². The highest BCUT2D eigenvalue weighted by Gasteiger charge is 2.40. The van der Waals surface area contributed by atoms with E-state index in [9.17, 15) is 32.8 Å². The number of carboxylic acid groups (broad SMARTS) is 1. The van der Waals surface area contributed by atoms with E-state index in [1.54, 1.807) is 6.07 Å². The molecule has 0 bridgehead atoms. The van der Waals surface area contributed by atoms with Crippen molar-refractivity contribution < 1.29 is 37.5 Å². The normalized spacial score (nSPS) is 18.9. The number of amides is 3. The van der Waals surface area contributed by atoms with Crippen molar-refractivity contribution in [1.82, 2.24) is 15.2 Å². The fourth-order valence-electron chi connectivity index (χ4n) is 4.29. The lowest BCUT2D eigenvalue weighted by Gasteiger charge is -2.29. The summed E-state index contributed by atoms with van der Waals surface area (Å²) in [6.45, 7) is 0.304. The molecule has 3 amide bonds. The summed E-state index contributed by atoms with van der Waals surface area (Å²) in [6.07, 6.45) is -2.43. The molecule has 0 spiro atoms. The zero-order valence-electron chi connectivity index (χ0n) is 19.1. The zero-order chi connectivity index (χ0) is 27.1. The van der Waals surface area contributed by atoms with Crippen molar-refractivity contribution in [3.05, 3.63) is 46.5 Å². The van der Waals surface area contributed by atoms with E-state index in [0.717, 1.165) is 35.2 Å². The Morgan fingerprint density at radius 2 is 1.86 bits per heavy atom. The number of nitriles is 1. The van der Waals surface area contributed by atoms with Crippen LogP contribution in [0.4, 0.5) is 19.0 Å². The summed E-state index contributed by atoms with van der Waals surface area (Å²) >= 11 is 0. The number of nitrogens with zero attached hydrogens (tertiary/aromatic N) is 3. The standard InChI is InChI=1S/C22H19N5O3.C2HF3O2/c23-9-13-8-16(11-1-2-11)19(26-20(13)24)12-3-4-15-14(7-12)10-27(22(15)30)17-5-6-18(28)25-21(17)29;3-2(4,5)1(6)7/h3-4,7-8,11,17H,1-2,5-6,10H2,(H2,24,26)(H,25,28,29);(H,6,7). The summed E-state index contributed by atoms with van der Waals surface area (Å²) in [7, 11) is 0. The fraction of sp³-hybridized carbons (Fsp3) is 0.333. The van der Waals surface area contributed by atoms with E-state index in [1.165, 1.54) is 4.90 Å². The van der Waals surface area contributed by atoms with Gasteiger partial charge < -0.3 is 15.7 Å². The third-order valence-corrected chi connectivity index (χ3v) is 6.26. The number of aliphatic carboxylic acids is 1. The van der Waals surface area contributed by atoms with Crippen molar-refractivity contribution in [2.75, 3.05) is 5.73 Å². The Hall–Kier alpha value is -4.47. The van der Waals surface area contributed by atoms with Crippen molar-refractivity contribution >= 4 is 29.5 Å². The van der Waals surface area contributed by atoms with Crippen LogP contribution >= 0.6 is 0 Å². The lowest BCUT2D eigenvalue weighted by Crippen LogP contribution is -2.52. The summed E-state index contributed by atoms with van der Waals surface area (Å²) in [5.41, 5.74) is 10.3. The second-order valence-electron chi connectivity index (χ2n) is 8.82. The topological polar surface area (TPSA) is 166 Å². The molecule has 192 valence electrons. The Morgan fingerprint density at radius 1 is 1.19 bits per heavy atom. The molecular weight excluding hydrogens is 495 g/mol. The number of nitrogen functional groups attached to an aromatic ring is 1. The first kappa shape index (κ1) is 25.6. The molecule has 2 fully saturated rings. The molecule has 1 atom stereocenters. The van der Waals surface area contributed by atoms with Crippen LogP contribution in [0.2, 0.25) is 0 Å². The van der Waals surface area contributed by atoms with Gasteiger partial charge in [0.05, 0.1) is 11.3 Å². The number of alkyl halides is 3. The number of halogens is 3. The minimum Gasteiger partial charge on any atom is -0.475 e. The second-order valence-corrected chi connectivity index (χ2v) is 8.82. The van der Waals surface area contributed by atoms with Gasteiger partial charge in [-0.3, -0.25) is 19.7 Å². The summed E-state index contributed by atoms with van der Waals surface area (Å²) in [4.78, 5) is 51.5. The maximum absolute atomic E-state index is 12.9. The quantitative estimate of drug-likeness (QED) is 0.524. The monoisotopic (exact) mass is 515 g/mol. The molecule has 4 N–H and O–H groups in total. The third kappa shape index (κ3) is 5.23. The highest BCUT2D eigenvalue weighted by atomic mass is 19.4. The number of aromatic nitrogens is 1. The van der Waals surface area contributed by atoms with Gasteiger partial charge in [0.1, 0.15) is 17.9 Å². The van der Waals surface area contributed by atoms with Gasteiger partial charge in [-0.2, -0.15) is 18.4 Å². The van der Waals surface area contributed by atoms with Gasteiger partial charge >= 0.3 is 12.1 Å². The highest BCUT2D eigenvalue weighted by Crippen LogP contribution is 2.45. The fourth-order valence-corrected chi connectivity index (χ4v) is 4.29. The molecule has 1 saturated carbocycles. The Balaban J connectivity index is 0.000000405. The van der Waals surface area contributed by atoms with Crippen LogP contribution in [-0.4, -0.2) is 50.9 Å². The van der Waals surface area contributed by atoms with E-state index < -0.39 is 24.1 Å². The zero-order valence-corrected chi connectivity index (χ0v) is 19.1.